The minimum atomic E-state index is 0.309. The lowest BCUT2D eigenvalue weighted by Crippen LogP contribution is -2.44. The molecule has 2 aromatic carbocycles. The summed E-state index contributed by atoms with van der Waals surface area (Å²) in [5.74, 6) is 2.83. The van der Waals surface area contributed by atoms with Crippen LogP contribution in [-0.4, -0.2) is 64.5 Å². The minimum absolute atomic E-state index is 0.309. The fourth-order valence-corrected chi connectivity index (χ4v) is 5.24. The third-order valence-corrected chi connectivity index (χ3v) is 7.60. The van der Waals surface area contributed by atoms with Gasteiger partial charge >= 0.3 is 0 Å². The molecule has 0 atom stereocenters. The highest BCUT2D eigenvalue weighted by atomic mass is 15.3. The first-order valence-corrected chi connectivity index (χ1v) is 13.4. The molecule has 8 heteroatoms. The summed E-state index contributed by atoms with van der Waals surface area (Å²) in [5, 5.41) is 3.40. The van der Waals surface area contributed by atoms with Crippen molar-refractivity contribution in [1.82, 2.24) is 24.8 Å². The highest BCUT2D eigenvalue weighted by Crippen LogP contribution is 2.29. The van der Waals surface area contributed by atoms with Gasteiger partial charge in [-0.3, -0.25) is 0 Å². The summed E-state index contributed by atoms with van der Waals surface area (Å²) in [6, 6.07) is 23.0. The second kappa shape index (κ2) is 10.7. The Hall–Kier alpha value is -4.43. The zero-order valence-electron chi connectivity index (χ0n) is 22.3. The van der Waals surface area contributed by atoms with E-state index in [0.717, 1.165) is 85.5 Å². The van der Waals surface area contributed by atoms with Gasteiger partial charge in [0.25, 0.3) is 0 Å². The van der Waals surface area contributed by atoms with Crippen molar-refractivity contribution in [3.8, 4) is 22.4 Å². The number of pyridine rings is 1. The Balaban J connectivity index is 1.16. The van der Waals surface area contributed by atoms with Crippen molar-refractivity contribution in [3.05, 3.63) is 96.5 Å². The lowest BCUT2D eigenvalue weighted by Gasteiger charge is -2.33. The normalized spacial score (nSPS) is 15.6. The van der Waals surface area contributed by atoms with E-state index >= 15 is 0 Å². The summed E-state index contributed by atoms with van der Waals surface area (Å²) in [7, 11) is 2.15. The van der Waals surface area contributed by atoms with Crippen molar-refractivity contribution >= 4 is 17.6 Å². The van der Waals surface area contributed by atoms with Gasteiger partial charge in [-0.2, -0.15) is 4.98 Å². The number of rotatable bonds is 6. The number of piperazine rings is 1. The van der Waals surface area contributed by atoms with Crippen LogP contribution in [-0.2, 0) is 13.0 Å². The molecule has 0 bridgehead atoms. The second-order valence-corrected chi connectivity index (χ2v) is 10.3. The van der Waals surface area contributed by atoms with Gasteiger partial charge < -0.3 is 25.8 Å². The molecule has 0 amide bonds. The molecule has 2 aliphatic rings. The number of fused-ring (bicyclic) bond motifs is 1. The Kier molecular flexibility index (Phi) is 6.85. The maximum absolute atomic E-state index is 6.15. The Morgan fingerprint density at radius 3 is 2.41 bits per heavy atom. The van der Waals surface area contributed by atoms with E-state index in [1.54, 1.807) is 0 Å². The summed E-state index contributed by atoms with van der Waals surface area (Å²) >= 11 is 0. The predicted octanol–water partition coefficient (Wildman–Crippen LogP) is 4.48. The van der Waals surface area contributed by atoms with Gasteiger partial charge in [-0.15, -0.1) is 0 Å². The van der Waals surface area contributed by atoms with Gasteiger partial charge in [0.2, 0.25) is 5.95 Å². The summed E-state index contributed by atoms with van der Waals surface area (Å²) in [6.07, 6.45) is 2.85. The molecule has 198 valence electrons. The second-order valence-electron chi connectivity index (χ2n) is 10.3. The van der Waals surface area contributed by atoms with Crippen LogP contribution < -0.4 is 16.0 Å². The molecule has 0 radical (unpaired) electrons. The molecule has 3 N–H and O–H groups in total. The average Bonchev–Trinajstić information content (AvgIpc) is 2.97. The molecule has 6 rings (SSSR count). The van der Waals surface area contributed by atoms with Crippen LogP contribution in [0.15, 0.2) is 85.3 Å². The molecule has 1 saturated heterocycles. The Morgan fingerprint density at radius 1 is 0.846 bits per heavy atom. The molecule has 0 aliphatic carbocycles. The fraction of sp³-hybridized carbons (Fsp3) is 0.258. The maximum atomic E-state index is 6.15. The first-order chi connectivity index (χ1) is 19.0. The molecule has 1 fully saturated rings. The third-order valence-electron chi connectivity index (χ3n) is 7.60. The number of nitrogens with two attached hydrogens (primary N) is 1. The molecule has 39 heavy (non-hydrogen) atoms. The molecule has 0 saturated carbocycles. The molecular formula is C31H34N8. The number of nitrogens with zero attached hydrogens (tertiary/aromatic N) is 6. The van der Waals surface area contributed by atoms with E-state index < -0.39 is 0 Å². The standard InChI is InChI=1S/C31H34N8/c1-22(34-29-11-10-26(20-33-29)23-6-4-3-5-7-23)39-13-12-24-8-9-25(18-27(24)21-39)28-19-30(36-31(32)35-28)38-16-14-37(2)15-17-38/h3-11,18-20H,1,12-17,21H2,2H3,(H,33,34)(H2,32,35,36). The van der Waals surface area contributed by atoms with Gasteiger partial charge in [0.05, 0.1) is 11.5 Å². The van der Waals surface area contributed by atoms with E-state index in [2.05, 4.69) is 91.1 Å². The monoisotopic (exact) mass is 518 g/mol. The van der Waals surface area contributed by atoms with Crippen LogP contribution in [0, 0.1) is 0 Å². The third kappa shape index (κ3) is 5.56. The summed E-state index contributed by atoms with van der Waals surface area (Å²) < 4.78 is 0. The number of aromatic nitrogens is 3. The van der Waals surface area contributed by atoms with E-state index in [-0.39, 0.29) is 0 Å². The van der Waals surface area contributed by atoms with Gasteiger partial charge in [-0.05, 0) is 48.4 Å². The van der Waals surface area contributed by atoms with E-state index in [1.807, 2.05) is 30.5 Å². The molecule has 2 aliphatic heterocycles. The van der Waals surface area contributed by atoms with Crippen LogP contribution in [0.2, 0.25) is 0 Å². The number of anilines is 3. The smallest absolute Gasteiger partial charge is 0.222 e. The van der Waals surface area contributed by atoms with Crippen molar-refractivity contribution in [2.75, 3.05) is 55.7 Å². The van der Waals surface area contributed by atoms with Crippen molar-refractivity contribution in [3.63, 3.8) is 0 Å². The van der Waals surface area contributed by atoms with Gasteiger partial charge in [-0.25, -0.2) is 9.97 Å². The van der Waals surface area contributed by atoms with E-state index in [4.69, 9.17) is 5.73 Å². The van der Waals surface area contributed by atoms with Gasteiger partial charge in [-0.1, -0.05) is 49.0 Å². The molecule has 4 heterocycles. The van der Waals surface area contributed by atoms with Crippen molar-refractivity contribution in [2.24, 2.45) is 0 Å². The number of nitrogens with one attached hydrogen (secondary N) is 1. The molecule has 2 aromatic heterocycles. The van der Waals surface area contributed by atoms with E-state index in [1.165, 1.54) is 11.1 Å². The molecular weight excluding hydrogens is 484 g/mol. The SMILES string of the molecule is C=C(Nc1ccc(-c2ccccc2)cn1)N1CCc2ccc(-c3cc(N4CCN(C)CC4)nc(N)n3)cc2C1. The van der Waals surface area contributed by atoms with Gasteiger partial charge in [0.15, 0.2) is 0 Å². The Labute approximate surface area is 229 Å². The highest BCUT2D eigenvalue weighted by molar-refractivity contribution is 5.66. The van der Waals surface area contributed by atoms with Crippen molar-refractivity contribution in [1.29, 1.82) is 0 Å². The van der Waals surface area contributed by atoms with Gasteiger partial charge in [0.1, 0.15) is 11.6 Å². The molecule has 4 aromatic rings. The van der Waals surface area contributed by atoms with E-state index in [0.29, 0.717) is 5.95 Å². The lowest BCUT2D eigenvalue weighted by molar-refractivity contribution is 0.312. The first kappa shape index (κ1) is 24.9. The summed E-state index contributed by atoms with van der Waals surface area (Å²) in [4.78, 5) is 20.6. The average molecular weight is 519 g/mol. The quantitative estimate of drug-likeness (QED) is 0.386. The van der Waals surface area contributed by atoms with Crippen molar-refractivity contribution in [2.45, 2.75) is 13.0 Å². The number of hydrogen-bond donors (Lipinski definition) is 2. The highest BCUT2D eigenvalue weighted by Gasteiger charge is 2.20. The van der Waals surface area contributed by atoms with Gasteiger partial charge in [0, 0.05) is 62.7 Å². The van der Waals surface area contributed by atoms with Crippen LogP contribution in [0.5, 0.6) is 0 Å². The summed E-state index contributed by atoms with van der Waals surface area (Å²) in [5.41, 5.74) is 12.9. The topological polar surface area (TPSA) is 86.4 Å². The number of likely N-dealkylation sites (N-methyl/N-ethyl adjacent to an activating group) is 1. The zero-order valence-corrected chi connectivity index (χ0v) is 22.3. The Bertz CT molecular complexity index is 1460. The number of nitrogen functional groups attached to an aromatic ring is 1. The van der Waals surface area contributed by atoms with Crippen LogP contribution in [0.25, 0.3) is 22.4 Å². The van der Waals surface area contributed by atoms with Crippen LogP contribution in [0.1, 0.15) is 11.1 Å². The molecule has 8 nitrogen and oxygen atoms in total. The zero-order chi connectivity index (χ0) is 26.8. The van der Waals surface area contributed by atoms with E-state index in [9.17, 15) is 0 Å². The maximum Gasteiger partial charge on any atom is 0.222 e. The fourth-order valence-electron chi connectivity index (χ4n) is 5.24. The minimum Gasteiger partial charge on any atom is -0.368 e. The molecule has 0 unspecified atom stereocenters. The van der Waals surface area contributed by atoms with Crippen LogP contribution in [0.4, 0.5) is 17.6 Å². The molecule has 0 spiro atoms. The Morgan fingerprint density at radius 2 is 1.64 bits per heavy atom. The largest absolute Gasteiger partial charge is 0.368 e. The first-order valence-electron chi connectivity index (χ1n) is 13.4. The lowest BCUT2D eigenvalue weighted by atomic mass is 9.96. The summed E-state index contributed by atoms with van der Waals surface area (Å²) in [6.45, 7) is 9.88. The van der Waals surface area contributed by atoms with Crippen LogP contribution >= 0.6 is 0 Å². The predicted molar refractivity (Wildman–Crippen MR) is 158 cm³/mol. The van der Waals surface area contributed by atoms with Crippen molar-refractivity contribution < 1.29 is 0 Å². The number of hydrogen-bond acceptors (Lipinski definition) is 8. The number of benzene rings is 2. The van der Waals surface area contributed by atoms with Crippen LogP contribution in [0.3, 0.4) is 0 Å².